The van der Waals surface area contributed by atoms with Gasteiger partial charge in [0.15, 0.2) is 0 Å². The van der Waals surface area contributed by atoms with Crippen molar-refractivity contribution in [2.45, 2.75) is 0 Å². The molecule has 0 bridgehead atoms. The van der Waals surface area contributed by atoms with Gasteiger partial charge in [-0.15, -0.1) is 0 Å². The number of para-hydroxylation sites is 3. The van der Waals surface area contributed by atoms with Gasteiger partial charge in [0.05, 0.1) is 39.1 Å². The van der Waals surface area contributed by atoms with Crippen molar-refractivity contribution in [3.05, 3.63) is 218 Å². The van der Waals surface area contributed by atoms with Gasteiger partial charge in [0.1, 0.15) is 0 Å². The molecule has 280 valence electrons. The summed E-state index contributed by atoms with van der Waals surface area (Å²) < 4.78 is 22.4. The van der Waals surface area contributed by atoms with Crippen LogP contribution in [0.2, 0.25) is 0 Å². The van der Waals surface area contributed by atoms with E-state index in [0.29, 0.717) is 5.95 Å². The Bertz CT molecular complexity index is 3130. The highest BCUT2D eigenvalue weighted by atomic mass is 31.2. The number of rotatable bonds is 7. The molecule has 1 atom stereocenters. The first kappa shape index (κ1) is 34.7. The monoisotopic (exact) mass is 777 g/mol. The van der Waals surface area contributed by atoms with Crippen molar-refractivity contribution in [3.8, 4) is 39.6 Å². The SMILES string of the molecule is O=P1(c2ccccc2)N(c2ccccc2)c2ccc(-c3ccc4c(c3)c3ccccc3n4-c3nc(-c4ccccc4)cc(-c4ccccc4)n3)cc2N1c1ccccc1. The van der Waals surface area contributed by atoms with Crippen LogP contribution in [0.25, 0.3) is 61.4 Å². The standard InChI is InChI=1S/C52H36N5OP/c58-59(43-26-14-5-15-27-43)56(41-22-10-3-11-23-41)50-33-31-40(35-51(50)57(59)42-24-12-4-13-25-42)39-30-32-49-45(34-39)44-28-16-17-29-48(44)55(49)52-53-46(37-18-6-1-7-19-37)36-47(54-52)38-20-8-2-9-21-38/h1-36H. The average molecular weight is 778 g/mol. The Hall–Kier alpha value is -7.53. The number of hydrogen-bond donors (Lipinski definition) is 0. The van der Waals surface area contributed by atoms with Crippen LogP contribution in [0.5, 0.6) is 0 Å². The molecule has 11 rings (SSSR count). The van der Waals surface area contributed by atoms with Crippen LogP contribution >= 0.6 is 7.44 Å². The number of benzene rings is 8. The molecule has 3 heterocycles. The predicted octanol–water partition coefficient (Wildman–Crippen LogP) is 13.4. The van der Waals surface area contributed by atoms with Gasteiger partial charge in [0.2, 0.25) is 5.95 Å². The highest BCUT2D eigenvalue weighted by molar-refractivity contribution is 7.76. The van der Waals surface area contributed by atoms with Crippen molar-refractivity contribution < 1.29 is 4.57 Å². The summed E-state index contributed by atoms with van der Waals surface area (Å²) in [4.78, 5) is 10.4. The number of aromatic nitrogens is 3. The zero-order valence-electron chi connectivity index (χ0n) is 31.9. The van der Waals surface area contributed by atoms with Gasteiger partial charge in [-0.05, 0) is 83.9 Å². The van der Waals surface area contributed by atoms with Crippen molar-refractivity contribution in [1.29, 1.82) is 0 Å². The summed E-state index contributed by atoms with van der Waals surface area (Å²) in [5.74, 6) is 0.609. The molecule has 0 N–H and O–H groups in total. The molecule has 1 unspecified atom stereocenters. The van der Waals surface area contributed by atoms with Crippen LogP contribution in [-0.2, 0) is 4.57 Å². The molecule has 1 aliphatic heterocycles. The lowest BCUT2D eigenvalue weighted by atomic mass is 10.0. The fourth-order valence-corrected chi connectivity index (χ4v) is 11.4. The van der Waals surface area contributed by atoms with Gasteiger partial charge in [-0.25, -0.2) is 9.97 Å². The predicted molar refractivity (Wildman–Crippen MR) is 244 cm³/mol. The molecule has 7 heteroatoms. The molecule has 0 spiro atoms. The summed E-state index contributed by atoms with van der Waals surface area (Å²) in [7, 11) is -3.49. The minimum atomic E-state index is -3.49. The van der Waals surface area contributed by atoms with E-state index >= 15 is 4.57 Å². The number of nitrogens with zero attached hydrogens (tertiary/aromatic N) is 5. The molecule has 0 saturated carbocycles. The van der Waals surface area contributed by atoms with E-state index in [1.54, 1.807) is 0 Å². The molecule has 59 heavy (non-hydrogen) atoms. The van der Waals surface area contributed by atoms with Crippen molar-refractivity contribution in [3.63, 3.8) is 0 Å². The lowest BCUT2D eigenvalue weighted by molar-refractivity contribution is 0.582. The summed E-state index contributed by atoms with van der Waals surface area (Å²) in [6.45, 7) is 0. The van der Waals surface area contributed by atoms with Crippen molar-refractivity contribution in [2.24, 2.45) is 0 Å². The molecule has 8 aromatic carbocycles. The normalized spacial score (nSPS) is 14.8. The molecule has 6 nitrogen and oxygen atoms in total. The third-order valence-corrected chi connectivity index (χ3v) is 14.1. The second-order valence-electron chi connectivity index (χ2n) is 14.6. The fraction of sp³-hybridized carbons (Fsp3) is 0. The molecular formula is C52H36N5OP. The Labute approximate surface area is 342 Å². The minimum Gasteiger partial charge on any atom is -0.278 e. The van der Waals surface area contributed by atoms with Crippen LogP contribution in [-0.4, -0.2) is 14.5 Å². The number of fused-ring (bicyclic) bond motifs is 4. The molecule has 0 fully saturated rings. The van der Waals surface area contributed by atoms with Gasteiger partial charge in [-0.2, -0.15) is 0 Å². The van der Waals surface area contributed by atoms with Crippen LogP contribution < -0.4 is 14.6 Å². The molecule has 1 aliphatic rings. The summed E-state index contributed by atoms with van der Waals surface area (Å²) in [6.07, 6.45) is 0. The second-order valence-corrected chi connectivity index (χ2v) is 17.0. The minimum absolute atomic E-state index is 0.609. The first-order chi connectivity index (χ1) is 29.1. The molecule has 0 amide bonds. The molecule has 0 aliphatic carbocycles. The van der Waals surface area contributed by atoms with Gasteiger partial charge < -0.3 is 0 Å². The van der Waals surface area contributed by atoms with Gasteiger partial charge in [-0.3, -0.25) is 18.5 Å². The molecule has 2 aromatic heterocycles. The van der Waals surface area contributed by atoms with Gasteiger partial charge in [0.25, 0.3) is 0 Å². The highest BCUT2D eigenvalue weighted by Gasteiger charge is 2.49. The Morgan fingerprint density at radius 3 is 1.46 bits per heavy atom. The van der Waals surface area contributed by atoms with Crippen LogP contribution in [0.15, 0.2) is 218 Å². The van der Waals surface area contributed by atoms with E-state index in [2.05, 4.69) is 100 Å². The number of hydrogen-bond acceptors (Lipinski definition) is 3. The van der Waals surface area contributed by atoms with Crippen LogP contribution in [0.3, 0.4) is 0 Å². The molecule has 10 aromatic rings. The van der Waals surface area contributed by atoms with E-state index in [4.69, 9.17) is 9.97 Å². The maximum atomic E-state index is 16.1. The van der Waals surface area contributed by atoms with Gasteiger partial charge in [0, 0.05) is 33.3 Å². The Morgan fingerprint density at radius 2 is 0.847 bits per heavy atom. The molecule has 0 saturated heterocycles. The van der Waals surface area contributed by atoms with Crippen LogP contribution in [0.1, 0.15) is 0 Å². The zero-order valence-corrected chi connectivity index (χ0v) is 32.8. The van der Waals surface area contributed by atoms with Crippen LogP contribution in [0, 0.1) is 0 Å². The Kier molecular flexibility index (Phi) is 8.31. The summed E-state index contributed by atoms with van der Waals surface area (Å²) in [5, 5.41) is 2.96. The first-order valence-corrected chi connectivity index (χ1v) is 21.3. The van der Waals surface area contributed by atoms with E-state index < -0.39 is 7.44 Å². The summed E-state index contributed by atoms with van der Waals surface area (Å²) in [6, 6.07) is 74.2. The fourth-order valence-electron chi connectivity index (χ4n) is 8.43. The van der Waals surface area contributed by atoms with E-state index in [1.807, 2.05) is 132 Å². The third-order valence-electron chi connectivity index (χ3n) is 11.1. The topological polar surface area (TPSA) is 54.3 Å². The largest absolute Gasteiger partial charge is 0.301 e. The Balaban J connectivity index is 1.10. The van der Waals surface area contributed by atoms with E-state index in [0.717, 1.165) is 83.5 Å². The van der Waals surface area contributed by atoms with E-state index in [-0.39, 0.29) is 0 Å². The summed E-state index contributed by atoms with van der Waals surface area (Å²) in [5.41, 5.74) is 11.4. The van der Waals surface area contributed by atoms with E-state index in [9.17, 15) is 0 Å². The quantitative estimate of drug-likeness (QED) is 0.151. The van der Waals surface area contributed by atoms with Crippen molar-refractivity contribution in [1.82, 2.24) is 14.5 Å². The number of anilines is 4. The molecule has 0 radical (unpaired) electrons. The van der Waals surface area contributed by atoms with Crippen molar-refractivity contribution >= 4 is 57.3 Å². The van der Waals surface area contributed by atoms with Crippen molar-refractivity contribution in [2.75, 3.05) is 9.34 Å². The average Bonchev–Trinajstić information content (AvgIpc) is 3.79. The second kappa shape index (κ2) is 14.1. The van der Waals surface area contributed by atoms with Crippen LogP contribution in [0.4, 0.5) is 22.7 Å². The third kappa shape index (κ3) is 5.76. The summed E-state index contributed by atoms with van der Waals surface area (Å²) >= 11 is 0. The van der Waals surface area contributed by atoms with E-state index in [1.165, 1.54) is 0 Å². The zero-order chi connectivity index (χ0) is 39.3. The van der Waals surface area contributed by atoms with Gasteiger partial charge >= 0.3 is 7.44 Å². The highest BCUT2D eigenvalue weighted by Crippen LogP contribution is 2.70. The maximum absolute atomic E-state index is 16.1. The maximum Gasteiger partial charge on any atom is 0.301 e. The lowest BCUT2D eigenvalue weighted by Gasteiger charge is -2.33. The lowest BCUT2D eigenvalue weighted by Crippen LogP contribution is -2.26. The first-order valence-electron chi connectivity index (χ1n) is 19.7. The molecular weight excluding hydrogens is 742 g/mol. The Morgan fingerprint density at radius 1 is 0.373 bits per heavy atom. The smallest absolute Gasteiger partial charge is 0.278 e. The van der Waals surface area contributed by atoms with Gasteiger partial charge in [-0.1, -0.05) is 146 Å².